The van der Waals surface area contributed by atoms with Crippen molar-refractivity contribution in [3.05, 3.63) is 64.5 Å². The summed E-state index contributed by atoms with van der Waals surface area (Å²) in [6, 6.07) is 14.3. The van der Waals surface area contributed by atoms with Gasteiger partial charge in [-0.1, -0.05) is 41.9 Å². The molecule has 0 radical (unpaired) electrons. The SMILES string of the molecule is O=C(NCC(O)c1csc2ccccc12)C(=O)Nc1ccccc1Cl. The third kappa shape index (κ3) is 3.99. The van der Waals surface area contributed by atoms with Crippen LogP contribution in [0.25, 0.3) is 10.1 Å². The maximum absolute atomic E-state index is 11.9. The number of anilines is 1. The van der Waals surface area contributed by atoms with Crippen molar-refractivity contribution >= 4 is 50.5 Å². The average Bonchev–Trinajstić information content (AvgIpc) is 3.05. The molecular formula is C18H15ClN2O3S. The van der Waals surface area contributed by atoms with Crippen LogP contribution in [0.15, 0.2) is 53.9 Å². The number of rotatable bonds is 4. The predicted molar refractivity (Wildman–Crippen MR) is 99.9 cm³/mol. The number of amides is 2. The van der Waals surface area contributed by atoms with Crippen molar-refractivity contribution in [1.29, 1.82) is 0 Å². The highest BCUT2D eigenvalue weighted by atomic mass is 35.5. The summed E-state index contributed by atoms with van der Waals surface area (Å²) in [4.78, 5) is 23.8. The number of aliphatic hydroxyl groups excluding tert-OH is 1. The molecular weight excluding hydrogens is 360 g/mol. The van der Waals surface area contributed by atoms with Crippen LogP contribution >= 0.6 is 22.9 Å². The third-order valence-electron chi connectivity index (χ3n) is 3.65. The molecule has 0 aliphatic carbocycles. The number of hydrogen-bond acceptors (Lipinski definition) is 4. The first-order chi connectivity index (χ1) is 12.1. The lowest BCUT2D eigenvalue weighted by atomic mass is 10.1. The van der Waals surface area contributed by atoms with Crippen molar-refractivity contribution < 1.29 is 14.7 Å². The van der Waals surface area contributed by atoms with Gasteiger partial charge < -0.3 is 15.7 Å². The molecule has 0 spiro atoms. The summed E-state index contributed by atoms with van der Waals surface area (Å²) in [6.07, 6.45) is -0.895. The summed E-state index contributed by atoms with van der Waals surface area (Å²) in [6.45, 7) is -0.0600. The number of thiophene rings is 1. The van der Waals surface area contributed by atoms with Gasteiger partial charge in [-0.05, 0) is 29.0 Å². The second kappa shape index (κ2) is 7.65. The number of hydrogen-bond donors (Lipinski definition) is 3. The minimum Gasteiger partial charge on any atom is -0.387 e. The van der Waals surface area contributed by atoms with Crippen LogP contribution in [-0.4, -0.2) is 23.5 Å². The molecule has 1 aromatic heterocycles. The van der Waals surface area contributed by atoms with Crippen LogP contribution in [0.5, 0.6) is 0 Å². The fraction of sp³-hybridized carbons (Fsp3) is 0.111. The molecule has 0 aliphatic heterocycles. The Morgan fingerprint density at radius 1 is 1.08 bits per heavy atom. The Kier molecular flexibility index (Phi) is 5.33. The molecule has 0 saturated heterocycles. The fourth-order valence-electron chi connectivity index (χ4n) is 2.38. The quantitative estimate of drug-likeness (QED) is 0.613. The van der Waals surface area contributed by atoms with Crippen LogP contribution in [-0.2, 0) is 9.59 Å². The van der Waals surface area contributed by atoms with Gasteiger partial charge in [0, 0.05) is 16.8 Å². The predicted octanol–water partition coefficient (Wildman–Crippen LogP) is 3.34. The molecule has 2 amide bonds. The Balaban J connectivity index is 1.60. The maximum atomic E-state index is 11.9. The van der Waals surface area contributed by atoms with E-state index in [1.165, 1.54) is 11.3 Å². The number of fused-ring (bicyclic) bond motifs is 1. The van der Waals surface area contributed by atoms with E-state index in [9.17, 15) is 14.7 Å². The standard InChI is InChI=1S/C18H15ClN2O3S/c19-13-6-2-3-7-14(13)21-18(24)17(23)20-9-15(22)12-10-25-16-8-4-1-5-11(12)16/h1-8,10,15,22H,9H2,(H,20,23)(H,21,24). The van der Waals surface area contributed by atoms with Gasteiger partial charge >= 0.3 is 11.8 Å². The van der Waals surface area contributed by atoms with E-state index in [0.717, 1.165) is 15.6 Å². The zero-order chi connectivity index (χ0) is 17.8. The summed E-state index contributed by atoms with van der Waals surface area (Å²) in [5.41, 5.74) is 1.08. The molecule has 0 fully saturated rings. The van der Waals surface area contributed by atoms with E-state index < -0.39 is 17.9 Å². The average molecular weight is 375 g/mol. The van der Waals surface area contributed by atoms with Gasteiger partial charge in [0.2, 0.25) is 0 Å². The molecule has 1 heterocycles. The van der Waals surface area contributed by atoms with Gasteiger partial charge in [0.15, 0.2) is 0 Å². The summed E-state index contributed by atoms with van der Waals surface area (Å²) in [5, 5.41) is 18.3. The number of para-hydroxylation sites is 1. The summed E-state index contributed by atoms with van der Waals surface area (Å²) < 4.78 is 1.05. The maximum Gasteiger partial charge on any atom is 0.313 e. The molecule has 0 saturated carbocycles. The Hall–Kier alpha value is -2.41. The van der Waals surface area contributed by atoms with E-state index in [-0.39, 0.29) is 6.54 Å². The molecule has 3 aromatic rings. The second-order valence-electron chi connectivity index (χ2n) is 5.35. The van der Waals surface area contributed by atoms with Crippen molar-refractivity contribution in [1.82, 2.24) is 5.32 Å². The molecule has 0 bridgehead atoms. The normalized spacial score (nSPS) is 11.9. The zero-order valence-electron chi connectivity index (χ0n) is 13.0. The molecule has 5 nitrogen and oxygen atoms in total. The van der Waals surface area contributed by atoms with Crippen molar-refractivity contribution in [2.24, 2.45) is 0 Å². The largest absolute Gasteiger partial charge is 0.387 e. The number of aliphatic hydroxyl groups is 1. The highest BCUT2D eigenvalue weighted by molar-refractivity contribution is 7.17. The molecule has 2 aromatic carbocycles. The Morgan fingerprint density at radius 3 is 2.60 bits per heavy atom. The number of carbonyl (C=O) groups is 2. The van der Waals surface area contributed by atoms with Crippen LogP contribution in [0, 0.1) is 0 Å². The lowest BCUT2D eigenvalue weighted by Gasteiger charge is -2.12. The highest BCUT2D eigenvalue weighted by Crippen LogP contribution is 2.29. The molecule has 3 N–H and O–H groups in total. The van der Waals surface area contributed by atoms with E-state index in [0.29, 0.717) is 10.7 Å². The number of carbonyl (C=O) groups excluding carboxylic acids is 2. The number of benzene rings is 2. The molecule has 1 atom stereocenters. The van der Waals surface area contributed by atoms with Crippen LogP contribution in [0.3, 0.4) is 0 Å². The molecule has 25 heavy (non-hydrogen) atoms. The Labute approximate surface area is 153 Å². The molecule has 1 unspecified atom stereocenters. The molecule has 0 aliphatic rings. The topological polar surface area (TPSA) is 78.4 Å². The van der Waals surface area contributed by atoms with Crippen LogP contribution in [0.4, 0.5) is 5.69 Å². The van der Waals surface area contributed by atoms with E-state index in [1.807, 2.05) is 29.6 Å². The number of halogens is 1. The lowest BCUT2D eigenvalue weighted by molar-refractivity contribution is -0.136. The smallest absolute Gasteiger partial charge is 0.313 e. The van der Waals surface area contributed by atoms with Crippen LogP contribution < -0.4 is 10.6 Å². The number of nitrogens with one attached hydrogen (secondary N) is 2. The van der Waals surface area contributed by atoms with E-state index in [1.54, 1.807) is 24.3 Å². The third-order valence-corrected chi connectivity index (χ3v) is 4.97. The van der Waals surface area contributed by atoms with Crippen molar-refractivity contribution in [3.63, 3.8) is 0 Å². The zero-order valence-corrected chi connectivity index (χ0v) is 14.6. The molecule has 128 valence electrons. The fourth-order valence-corrected chi connectivity index (χ4v) is 3.57. The minimum absolute atomic E-state index is 0.0600. The summed E-state index contributed by atoms with van der Waals surface area (Å²) >= 11 is 7.46. The Bertz CT molecular complexity index is 925. The monoisotopic (exact) mass is 374 g/mol. The summed E-state index contributed by atoms with van der Waals surface area (Å²) in [7, 11) is 0. The van der Waals surface area contributed by atoms with Gasteiger partial charge in [0.1, 0.15) is 0 Å². The minimum atomic E-state index is -0.895. The van der Waals surface area contributed by atoms with Gasteiger partial charge in [-0.2, -0.15) is 0 Å². The van der Waals surface area contributed by atoms with Gasteiger partial charge in [-0.15, -0.1) is 11.3 Å². The lowest BCUT2D eigenvalue weighted by Crippen LogP contribution is -2.37. The summed E-state index contributed by atoms with van der Waals surface area (Å²) in [5.74, 6) is -1.67. The van der Waals surface area contributed by atoms with Crippen molar-refractivity contribution in [2.75, 3.05) is 11.9 Å². The first kappa shape index (κ1) is 17.4. The first-order valence-corrected chi connectivity index (χ1v) is 8.80. The highest BCUT2D eigenvalue weighted by Gasteiger charge is 2.18. The van der Waals surface area contributed by atoms with Crippen LogP contribution in [0.2, 0.25) is 5.02 Å². The first-order valence-electron chi connectivity index (χ1n) is 7.54. The van der Waals surface area contributed by atoms with E-state index in [2.05, 4.69) is 10.6 Å². The molecule has 7 heteroatoms. The van der Waals surface area contributed by atoms with Crippen LogP contribution in [0.1, 0.15) is 11.7 Å². The van der Waals surface area contributed by atoms with E-state index in [4.69, 9.17) is 11.6 Å². The van der Waals surface area contributed by atoms with Gasteiger partial charge in [0.05, 0.1) is 16.8 Å². The van der Waals surface area contributed by atoms with Crippen molar-refractivity contribution in [2.45, 2.75) is 6.10 Å². The molecule has 3 rings (SSSR count). The second-order valence-corrected chi connectivity index (χ2v) is 6.67. The van der Waals surface area contributed by atoms with Crippen molar-refractivity contribution in [3.8, 4) is 0 Å². The Morgan fingerprint density at radius 2 is 1.80 bits per heavy atom. The van der Waals surface area contributed by atoms with Gasteiger partial charge in [0.25, 0.3) is 0 Å². The van der Waals surface area contributed by atoms with E-state index >= 15 is 0 Å². The van der Waals surface area contributed by atoms with Gasteiger partial charge in [-0.3, -0.25) is 9.59 Å². The van der Waals surface area contributed by atoms with Gasteiger partial charge in [-0.25, -0.2) is 0 Å².